The van der Waals surface area contributed by atoms with Crippen molar-refractivity contribution in [3.8, 4) is 0 Å². The number of hydrogen-bond donors (Lipinski definition) is 0. The van der Waals surface area contributed by atoms with E-state index < -0.39 is 5.41 Å². The van der Waals surface area contributed by atoms with Gasteiger partial charge in [0, 0.05) is 37.5 Å². The van der Waals surface area contributed by atoms with Gasteiger partial charge in [-0.1, -0.05) is 34.6 Å². The van der Waals surface area contributed by atoms with Crippen molar-refractivity contribution < 1.29 is 9.59 Å². The average molecular weight is 282 g/mol. The Morgan fingerprint density at radius 3 is 2.00 bits per heavy atom. The van der Waals surface area contributed by atoms with Crippen molar-refractivity contribution in [3.05, 3.63) is 0 Å². The summed E-state index contributed by atoms with van der Waals surface area (Å²) in [5.41, 5.74) is -0.755. The molecule has 1 heterocycles. The van der Waals surface area contributed by atoms with Crippen molar-refractivity contribution in [3.63, 3.8) is 0 Å². The van der Waals surface area contributed by atoms with Gasteiger partial charge in [-0.05, 0) is 19.3 Å². The molecule has 20 heavy (non-hydrogen) atoms. The fraction of sp³-hybridized carbons (Fsp3) is 0.875. The highest BCUT2D eigenvalue weighted by Gasteiger charge is 2.34. The number of nitrogens with zero attached hydrogens (tertiary/aromatic N) is 2. The van der Waals surface area contributed by atoms with Gasteiger partial charge in [-0.2, -0.15) is 0 Å². The van der Waals surface area contributed by atoms with Gasteiger partial charge in [-0.25, -0.2) is 0 Å². The summed E-state index contributed by atoms with van der Waals surface area (Å²) >= 11 is 0. The predicted octanol–water partition coefficient (Wildman–Crippen LogP) is 2.53. The molecule has 0 aromatic heterocycles. The lowest BCUT2D eigenvalue weighted by molar-refractivity contribution is -0.142. The van der Waals surface area contributed by atoms with Crippen molar-refractivity contribution in [1.29, 1.82) is 0 Å². The van der Waals surface area contributed by atoms with Crippen molar-refractivity contribution in [2.75, 3.05) is 26.7 Å². The van der Waals surface area contributed by atoms with E-state index in [0.29, 0.717) is 13.0 Å². The van der Waals surface area contributed by atoms with Crippen LogP contribution in [0, 0.1) is 10.8 Å². The zero-order valence-corrected chi connectivity index (χ0v) is 14.0. The quantitative estimate of drug-likeness (QED) is 0.795. The highest BCUT2D eigenvalue weighted by Crippen LogP contribution is 2.27. The van der Waals surface area contributed by atoms with Crippen LogP contribution in [-0.4, -0.2) is 48.3 Å². The van der Waals surface area contributed by atoms with Gasteiger partial charge in [-0.3, -0.25) is 9.59 Å². The summed E-state index contributed by atoms with van der Waals surface area (Å²) in [5.74, 6) is 0.355. The van der Waals surface area contributed by atoms with Gasteiger partial charge >= 0.3 is 0 Å². The molecule has 0 aromatic carbocycles. The van der Waals surface area contributed by atoms with Gasteiger partial charge < -0.3 is 9.80 Å². The first-order chi connectivity index (χ1) is 9.05. The van der Waals surface area contributed by atoms with Crippen LogP contribution in [0.1, 0.15) is 53.9 Å². The summed E-state index contributed by atoms with van der Waals surface area (Å²) < 4.78 is 0. The van der Waals surface area contributed by atoms with Gasteiger partial charge in [0.1, 0.15) is 0 Å². The lowest BCUT2D eigenvalue weighted by atomic mass is 9.87. The minimum atomic E-state index is -0.392. The number of carbonyl (C=O) groups is 2. The first-order valence-electron chi connectivity index (χ1n) is 7.60. The van der Waals surface area contributed by atoms with Crippen molar-refractivity contribution in [2.24, 2.45) is 10.8 Å². The Bertz CT molecular complexity index is 363. The Hall–Kier alpha value is -1.06. The molecule has 1 rings (SSSR count). The van der Waals surface area contributed by atoms with E-state index in [1.54, 1.807) is 4.90 Å². The molecule has 1 fully saturated rings. The topological polar surface area (TPSA) is 40.6 Å². The Kier molecular flexibility index (Phi) is 5.22. The Labute approximate surface area is 123 Å². The highest BCUT2D eigenvalue weighted by molar-refractivity contribution is 5.83. The molecule has 0 aromatic rings. The second-order valence-corrected chi connectivity index (χ2v) is 7.61. The zero-order chi connectivity index (χ0) is 15.6. The molecule has 0 aliphatic carbocycles. The van der Waals surface area contributed by atoms with Gasteiger partial charge in [0.25, 0.3) is 0 Å². The van der Waals surface area contributed by atoms with Gasteiger partial charge in [0.05, 0.1) is 0 Å². The third-order valence-corrected chi connectivity index (χ3v) is 4.03. The third-order valence-electron chi connectivity index (χ3n) is 4.03. The molecule has 2 amide bonds. The number of likely N-dealkylation sites (tertiary alicyclic amines) is 1. The maximum absolute atomic E-state index is 12.5. The van der Waals surface area contributed by atoms with Crippen LogP contribution in [0.2, 0.25) is 0 Å². The predicted molar refractivity (Wildman–Crippen MR) is 81.3 cm³/mol. The normalized spacial score (nSPS) is 16.4. The molecular weight excluding hydrogens is 252 g/mol. The van der Waals surface area contributed by atoms with E-state index in [1.807, 2.05) is 46.6 Å². The smallest absolute Gasteiger partial charge is 0.228 e. The molecule has 116 valence electrons. The van der Waals surface area contributed by atoms with Gasteiger partial charge in [0.15, 0.2) is 0 Å². The number of carbonyl (C=O) groups excluding carboxylic acids is 2. The van der Waals surface area contributed by atoms with E-state index >= 15 is 0 Å². The van der Waals surface area contributed by atoms with Crippen LogP contribution in [0.15, 0.2) is 0 Å². The summed E-state index contributed by atoms with van der Waals surface area (Å²) in [6.07, 6.45) is 2.94. The van der Waals surface area contributed by atoms with Crippen molar-refractivity contribution >= 4 is 11.8 Å². The molecule has 1 saturated heterocycles. The molecule has 0 saturated carbocycles. The van der Waals surface area contributed by atoms with E-state index in [9.17, 15) is 9.59 Å². The van der Waals surface area contributed by atoms with Crippen LogP contribution in [0.5, 0.6) is 0 Å². The molecule has 0 N–H and O–H groups in total. The lowest BCUT2D eigenvalue weighted by Crippen LogP contribution is -2.43. The monoisotopic (exact) mass is 282 g/mol. The van der Waals surface area contributed by atoms with Crippen LogP contribution >= 0.6 is 0 Å². The van der Waals surface area contributed by atoms with Crippen molar-refractivity contribution in [1.82, 2.24) is 9.80 Å². The Morgan fingerprint density at radius 2 is 1.55 bits per heavy atom. The number of amides is 2. The molecule has 1 aliphatic rings. The molecular formula is C16H30N2O2. The second kappa shape index (κ2) is 6.15. The largest absolute Gasteiger partial charge is 0.345 e. The summed E-state index contributed by atoms with van der Waals surface area (Å²) in [7, 11) is 1.82. The first kappa shape index (κ1) is 17.0. The van der Waals surface area contributed by atoms with Crippen LogP contribution < -0.4 is 0 Å². The highest BCUT2D eigenvalue weighted by atomic mass is 16.2. The van der Waals surface area contributed by atoms with E-state index in [2.05, 4.69) is 0 Å². The maximum atomic E-state index is 12.5. The molecule has 4 heteroatoms. The standard InChI is InChI=1S/C16H30N2O2/c1-15(2,3)13(19)17(6)12-9-16(4,5)14(20)18-10-7-8-11-18/h7-12H2,1-6H3. The Morgan fingerprint density at radius 1 is 1.05 bits per heavy atom. The maximum Gasteiger partial charge on any atom is 0.228 e. The average Bonchev–Trinajstić information content (AvgIpc) is 2.86. The minimum Gasteiger partial charge on any atom is -0.345 e. The zero-order valence-electron chi connectivity index (χ0n) is 14.0. The fourth-order valence-corrected chi connectivity index (χ4v) is 2.58. The fourth-order valence-electron chi connectivity index (χ4n) is 2.58. The lowest BCUT2D eigenvalue weighted by Gasteiger charge is -2.32. The summed E-state index contributed by atoms with van der Waals surface area (Å²) in [6, 6.07) is 0. The second-order valence-electron chi connectivity index (χ2n) is 7.61. The minimum absolute atomic E-state index is 0.127. The van der Waals surface area contributed by atoms with Crippen LogP contribution in [0.4, 0.5) is 0 Å². The van der Waals surface area contributed by atoms with Crippen LogP contribution in [0.3, 0.4) is 0 Å². The summed E-state index contributed by atoms with van der Waals surface area (Å²) in [4.78, 5) is 28.3. The number of rotatable bonds is 4. The molecule has 4 nitrogen and oxygen atoms in total. The molecule has 0 radical (unpaired) electrons. The molecule has 0 bridgehead atoms. The van der Waals surface area contributed by atoms with E-state index in [1.165, 1.54) is 0 Å². The number of hydrogen-bond acceptors (Lipinski definition) is 2. The van der Waals surface area contributed by atoms with E-state index in [4.69, 9.17) is 0 Å². The summed E-state index contributed by atoms with van der Waals surface area (Å²) in [5, 5.41) is 0. The third kappa shape index (κ3) is 4.22. The summed E-state index contributed by atoms with van der Waals surface area (Å²) in [6.45, 7) is 12.2. The molecule has 0 atom stereocenters. The first-order valence-corrected chi connectivity index (χ1v) is 7.60. The molecule has 0 unspecified atom stereocenters. The van der Waals surface area contributed by atoms with Crippen LogP contribution in [-0.2, 0) is 9.59 Å². The molecule has 1 aliphatic heterocycles. The Balaban J connectivity index is 2.54. The van der Waals surface area contributed by atoms with Crippen LogP contribution in [0.25, 0.3) is 0 Å². The van der Waals surface area contributed by atoms with Gasteiger partial charge in [0.2, 0.25) is 11.8 Å². The van der Waals surface area contributed by atoms with E-state index in [-0.39, 0.29) is 17.2 Å². The SMILES string of the molecule is CN(CCC(C)(C)C(=O)N1CCCC1)C(=O)C(C)(C)C. The van der Waals surface area contributed by atoms with Gasteiger partial charge in [-0.15, -0.1) is 0 Å². The molecule has 0 spiro atoms. The van der Waals surface area contributed by atoms with E-state index in [0.717, 1.165) is 25.9 Å². The van der Waals surface area contributed by atoms with Crippen molar-refractivity contribution in [2.45, 2.75) is 53.9 Å².